The fourth-order valence-corrected chi connectivity index (χ4v) is 3.61. The molecule has 0 unspecified atom stereocenters. The number of amides is 3. The van der Waals surface area contributed by atoms with Gasteiger partial charge in [0.2, 0.25) is 11.8 Å². The smallest absolute Gasteiger partial charge is 0.251 e. The van der Waals surface area contributed by atoms with E-state index in [1.807, 2.05) is 18.2 Å². The van der Waals surface area contributed by atoms with Crippen LogP contribution in [0.15, 0.2) is 30.3 Å². The number of nitrogens with one attached hydrogen (secondary N) is 2. The summed E-state index contributed by atoms with van der Waals surface area (Å²) < 4.78 is 0. The molecule has 2 heterocycles. The van der Waals surface area contributed by atoms with E-state index < -0.39 is 0 Å². The SMILES string of the molecule is O=C(CN1CCC(NC(=O)c2ccccc2)CC1)NCC(=O)N1CCCC1. The fourth-order valence-electron chi connectivity index (χ4n) is 3.61. The predicted octanol–water partition coefficient (Wildman–Crippen LogP) is 0.619. The highest BCUT2D eigenvalue weighted by atomic mass is 16.2. The van der Waals surface area contributed by atoms with Crippen molar-refractivity contribution in [1.29, 1.82) is 0 Å². The predicted molar refractivity (Wildman–Crippen MR) is 102 cm³/mol. The van der Waals surface area contributed by atoms with Crippen molar-refractivity contribution in [3.63, 3.8) is 0 Å². The minimum atomic E-state index is -0.116. The summed E-state index contributed by atoms with van der Waals surface area (Å²) in [7, 11) is 0. The average molecular weight is 372 g/mol. The molecule has 0 atom stereocenters. The van der Waals surface area contributed by atoms with Crippen molar-refractivity contribution in [2.45, 2.75) is 31.7 Å². The van der Waals surface area contributed by atoms with E-state index in [0.717, 1.165) is 51.9 Å². The highest BCUT2D eigenvalue weighted by molar-refractivity contribution is 5.94. The maximum atomic E-state index is 12.2. The number of carbonyl (C=O) groups is 3. The van der Waals surface area contributed by atoms with E-state index in [4.69, 9.17) is 0 Å². The zero-order valence-electron chi connectivity index (χ0n) is 15.7. The van der Waals surface area contributed by atoms with E-state index in [1.165, 1.54) is 0 Å². The van der Waals surface area contributed by atoms with Gasteiger partial charge in [0, 0.05) is 37.8 Å². The first kappa shape index (κ1) is 19.4. The van der Waals surface area contributed by atoms with Gasteiger partial charge in [0.1, 0.15) is 0 Å². The van der Waals surface area contributed by atoms with Gasteiger partial charge in [0.25, 0.3) is 5.91 Å². The van der Waals surface area contributed by atoms with Gasteiger partial charge < -0.3 is 15.5 Å². The third kappa shape index (κ3) is 5.79. The highest BCUT2D eigenvalue weighted by Gasteiger charge is 2.23. The number of hydrogen-bond acceptors (Lipinski definition) is 4. The first-order valence-corrected chi connectivity index (χ1v) is 9.74. The quantitative estimate of drug-likeness (QED) is 0.767. The van der Waals surface area contributed by atoms with Gasteiger partial charge in [-0.2, -0.15) is 0 Å². The number of rotatable bonds is 6. The Labute approximate surface area is 160 Å². The molecule has 0 bridgehead atoms. The standard InChI is InChI=1S/C20H28N4O3/c25-18(21-14-19(26)24-10-4-5-11-24)15-23-12-8-17(9-13-23)22-20(27)16-6-2-1-3-7-16/h1-3,6-7,17H,4-5,8-15H2,(H,21,25)(H,22,27). The minimum absolute atomic E-state index is 0.00295. The number of carbonyl (C=O) groups excluding carboxylic acids is 3. The summed E-state index contributed by atoms with van der Waals surface area (Å²) in [6, 6.07) is 9.33. The highest BCUT2D eigenvalue weighted by Crippen LogP contribution is 2.11. The van der Waals surface area contributed by atoms with Gasteiger partial charge in [-0.05, 0) is 37.8 Å². The topological polar surface area (TPSA) is 81.8 Å². The Bertz CT molecular complexity index is 650. The van der Waals surface area contributed by atoms with Gasteiger partial charge in [0.05, 0.1) is 13.1 Å². The van der Waals surface area contributed by atoms with Crippen molar-refractivity contribution in [1.82, 2.24) is 20.4 Å². The molecule has 146 valence electrons. The summed E-state index contributed by atoms with van der Waals surface area (Å²) in [4.78, 5) is 40.1. The Morgan fingerprint density at radius 3 is 2.30 bits per heavy atom. The van der Waals surface area contributed by atoms with E-state index in [-0.39, 0.29) is 30.3 Å². The molecular weight excluding hydrogens is 344 g/mol. The van der Waals surface area contributed by atoms with E-state index in [9.17, 15) is 14.4 Å². The summed E-state index contributed by atoms with van der Waals surface area (Å²) >= 11 is 0. The van der Waals surface area contributed by atoms with Crippen LogP contribution in [0.5, 0.6) is 0 Å². The summed E-state index contributed by atoms with van der Waals surface area (Å²) in [6.45, 7) is 3.50. The molecule has 2 aliphatic heterocycles. The minimum Gasteiger partial charge on any atom is -0.349 e. The molecule has 1 aromatic carbocycles. The van der Waals surface area contributed by atoms with Gasteiger partial charge in [-0.25, -0.2) is 0 Å². The Morgan fingerprint density at radius 2 is 1.63 bits per heavy atom. The second-order valence-electron chi connectivity index (χ2n) is 7.25. The normalized spacial score (nSPS) is 18.3. The molecule has 1 aromatic rings. The summed E-state index contributed by atoms with van der Waals surface area (Å²) in [5, 5.41) is 5.79. The van der Waals surface area contributed by atoms with Gasteiger partial charge in [-0.15, -0.1) is 0 Å². The maximum absolute atomic E-state index is 12.2. The molecule has 3 amide bonds. The molecule has 2 saturated heterocycles. The number of likely N-dealkylation sites (tertiary alicyclic amines) is 2. The Morgan fingerprint density at radius 1 is 0.963 bits per heavy atom. The molecule has 0 saturated carbocycles. The van der Waals surface area contributed by atoms with Crippen LogP contribution >= 0.6 is 0 Å². The summed E-state index contributed by atoms with van der Waals surface area (Å²) in [5.74, 6) is -0.162. The van der Waals surface area contributed by atoms with E-state index in [1.54, 1.807) is 17.0 Å². The van der Waals surface area contributed by atoms with Crippen molar-refractivity contribution in [3.05, 3.63) is 35.9 Å². The lowest BCUT2D eigenvalue weighted by molar-refractivity contribution is -0.132. The third-order valence-corrected chi connectivity index (χ3v) is 5.22. The number of nitrogens with zero attached hydrogens (tertiary/aromatic N) is 2. The van der Waals surface area contributed by atoms with Crippen molar-refractivity contribution < 1.29 is 14.4 Å². The summed E-state index contributed by atoms with van der Waals surface area (Å²) in [5.41, 5.74) is 0.668. The van der Waals surface area contributed by atoms with Crippen molar-refractivity contribution in [2.75, 3.05) is 39.3 Å². The first-order valence-electron chi connectivity index (χ1n) is 9.74. The molecule has 0 spiro atoms. The van der Waals surface area contributed by atoms with Crippen molar-refractivity contribution in [2.24, 2.45) is 0 Å². The Kier molecular flexibility index (Phi) is 6.81. The van der Waals surface area contributed by atoms with Crippen molar-refractivity contribution >= 4 is 17.7 Å². The molecule has 2 fully saturated rings. The molecule has 2 aliphatic rings. The lowest BCUT2D eigenvalue weighted by Crippen LogP contribution is -2.48. The van der Waals surface area contributed by atoms with Crippen LogP contribution in [0, 0.1) is 0 Å². The Balaban J connectivity index is 1.33. The van der Waals surface area contributed by atoms with Crippen molar-refractivity contribution in [3.8, 4) is 0 Å². The van der Waals surface area contributed by atoms with Gasteiger partial charge in [-0.1, -0.05) is 18.2 Å². The second-order valence-corrected chi connectivity index (χ2v) is 7.25. The Hall–Kier alpha value is -2.41. The van der Waals surface area contributed by atoms with Crippen LogP contribution in [0.4, 0.5) is 0 Å². The van der Waals surface area contributed by atoms with Gasteiger partial charge in [-0.3, -0.25) is 19.3 Å². The van der Waals surface area contributed by atoms with Gasteiger partial charge in [0.15, 0.2) is 0 Å². The number of benzene rings is 1. The lowest BCUT2D eigenvalue weighted by atomic mass is 10.0. The molecule has 0 aliphatic carbocycles. The zero-order valence-corrected chi connectivity index (χ0v) is 15.7. The van der Waals surface area contributed by atoms with Crippen LogP contribution in [-0.2, 0) is 9.59 Å². The molecule has 7 nitrogen and oxygen atoms in total. The zero-order chi connectivity index (χ0) is 19.1. The van der Waals surface area contributed by atoms with Crippen LogP contribution in [0.1, 0.15) is 36.0 Å². The van der Waals surface area contributed by atoms with E-state index in [2.05, 4.69) is 15.5 Å². The third-order valence-electron chi connectivity index (χ3n) is 5.22. The van der Waals surface area contributed by atoms with Crippen LogP contribution < -0.4 is 10.6 Å². The largest absolute Gasteiger partial charge is 0.349 e. The monoisotopic (exact) mass is 372 g/mol. The van der Waals surface area contributed by atoms with Crippen LogP contribution in [0.3, 0.4) is 0 Å². The van der Waals surface area contributed by atoms with E-state index >= 15 is 0 Å². The van der Waals surface area contributed by atoms with E-state index in [0.29, 0.717) is 12.1 Å². The molecule has 0 radical (unpaired) electrons. The fraction of sp³-hybridized carbons (Fsp3) is 0.550. The maximum Gasteiger partial charge on any atom is 0.251 e. The molecular formula is C20H28N4O3. The number of hydrogen-bond donors (Lipinski definition) is 2. The summed E-state index contributed by atoms with van der Waals surface area (Å²) in [6.07, 6.45) is 3.74. The van der Waals surface area contributed by atoms with Crippen LogP contribution in [0.25, 0.3) is 0 Å². The number of piperidine rings is 1. The first-order chi connectivity index (χ1) is 13.1. The molecule has 3 rings (SSSR count). The van der Waals surface area contributed by atoms with Crippen LogP contribution in [0.2, 0.25) is 0 Å². The van der Waals surface area contributed by atoms with Crippen LogP contribution in [-0.4, -0.2) is 72.8 Å². The molecule has 2 N–H and O–H groups in total. The van der Waals surface area contributed by atoms with Gasteiger partial charge >= 0.3 is 0 Å². The molecule has 0 aromatic heterocycles. The second kappa shape index (κ2) is 9.50. The average Bonchev–Trinajstić information content (AvgIpc) is 3.23. The molecule has 7 heteroatoms. The molecule has 27 heavy (non-hydrogen) atoms. The lowest BCUT2D eigenvalue weighted by Gasteiger charge is -2.31.